The molecular formula is C18H18Cl2N2O2. The van der Waals surface area contributed by atoms with Crippen molar-refractivity contribution in [3.8, 4) is 0 Å². The first kappa shape index (κ1) is 18.3. The lowest BCUT2D eigenvalue weighted by Gasteiger charge is -2.09. The predicted molar refractivity (Wildman–Crippen MR) is 97.0 cm³/mol. The molecule has 0 bridgehead atoms. The molecule has 2 rings (SSSR count). The minimum Gasteiger partial charge on any atom is -0.350 e. The summed E-state index contributed by atoms with van der Waals surface area (Å²) in [7, 11) is 0. The van der Waals surface area contributed by atoms with Crippen molar-refractivity contribution in [1.29, 1.82) is 0 Å². The normalized spacial score (nSPS) is 10.3. The minimum atomic E-state index is -0.331. The van der Waals surface area contributed by atoms with Gasteiger partial charge in [-0.25, -0.2) is 0 Å². The number of halogens is 2. The van der Waals surface area contributed by atoms with Gasteiger partial charge in [0.05, 0.1) is 10.6 Å². The molecule has 0 aliphatic rings. The third-order valence-electron chi connectivity index (χ3n) is 3.64. The molecule has 0 spiro atoms. The Hall–Kier alpha value is -2.04. The summed E-state index contributed by atoms with van der Waals surface area (Å²) in [6, 6.07) is 10.2. The van der Waals surface area contributed by atoms with Crippen molar-refractivity contribution in [2.75, 3.05) is 13.1 Å². The average molecular weight is 365 g/mol. The molecule has 0 unspecified atom stereocenters. The summed E-state index contributed by atoms with van der Waals surface area (Å²) in [5.41, 5.74) is 3.11. The lowest BCUT2D eigenvalue weighted by atomic mass is 10.1. The molecular weight excluding hydrogens is 347 g/mol. The SMILES string of the molecule is Cc1ccc(C(=O)NCCNC(=O)c2cc(Cl)ccc2Cl)cc1C. The van der Waals surface area contributed by atoms with Gasteiger partial charge in [-0.3, -0.25) is 9.59 Å². The molecule has 126 valence electrons. The number of benzene rings is 2. The fraction of sp³-hybridized carbons (Fsp3) is 0.222. The third-order valence-corrected chi connectivity index (χ3v) is 4.20. The second-order valence-corrected chi connectivity index (χ2v) is 6.28. The predicted octanol–water partition coefficient (Wildman–Crippen LogP) is 3.77. The maximum absolute atomic E-state index is 12.1. The smallest absolute Gasteiger partial charge is 0.252 e. The molecule has 0 saturated heterocycles. The molecule has 2 amide bonds. The highest BCUT2D eigenvalue weighted by Gasteiger charge is 2.11. The summed E-state index contributed by atoms with van der Waals surface area (Å²) in [5, 5.41) is 6.23. The highest BCUT2D eigenvalue weighted by Crippen LogP contribution is 2.20. The average Bonchev–Trinajstić information content (AvgIpc) is 2.55. The van der Waals surface area contributed by atoms with Gasteiger partial charge < -0.3 is 10.6 Å². The van der Waals surface area contributed by atoms with Crippen LogP contribution in [0.25, 0.3) is 0 Å². The molecule has 0 radical (unpaired) electrons. The highest BCUT2D eigenvalue weighted by atomic mass is 35.5. The maximum atomic E-state index is 12.1. The molecule has 24 heavy (non-hydrogen) atoms. The Labute approximate surface area is 151 Å². The van der Waals surface area contributed by atoms with Crippen LogP contribution in [0.1, 0.15) is 31.8 Å². The van der Waals surface area contributed by atoms with Gasteiger partial charge in [0.15, 0.2) is 0 Å². The van der Waals surface area contributed by atoms with Crippen LogP contribution >= 0.6 is 23.2 Å². The lowest BCUT2D eigenvalue weighted by Crippen LogP contribution is -2.34. The van der Waals surface area contributed by atoms with Gasteiger partial charge in [-0.05, 0) is 55.3 Å². The Bertz CT molecular complexity index is 776. The lowest BCUT2D eigenvalue weighted by molar-refractivity contribution is 0.0927. The molecule has 0 atom stereocenters. The van der Waals surface area contributed by atoms with E-state index in [0.29, 0.717) is 27.7 Å². The Morgan fingerprint density at radius 3 is 2.21 bits per heavy atom. The van der Waals surface area contributed by atoms with Crippen LogP contribution in [0.2, 0.25) is 10.0 Å². The van der Waals surface area contributed by atoms with Gasteiger partial charge in [-0.2, -0.15) is 0 Å². The van der Waals surface area contributed by atoms with Crippen molar-refractivity contribution in [2.24, 2.45) is 0 Å². The summed E-state index contributed by atoms with van der Waals surface area (Å²) < 4.78 is 0. The Kier molecular flexibility index (Phi) is 6.23. The third kappa shape index (κ3) is 4.73. The summed E-state index contributed by atoms with van der Waals surface area (Å²) in [4.78, 5) is 24.1. The van der Waals surface area contributed by atoms with Crippen LogP contribution in [0.15, 0.2) is 36.4 Å². The van der Waals surface area contributed by atoms with Crippen molar-refractivity contribution < 1.29 is 9.59 Å². The van der Waals surface area contributed by atoms with Gasteiger partial charge in [-0.15, -0.1) is 0 Å². The zero-order valence-electron chi connectivity index (χ0n) is 13.5. The summed E-state index contributed by atoms with van der Waals surface area (Å²) in [6.45, 7) is 4.56. The monoisotopic (exact) mass is 364 g/mol. The summed E-state index contributed by atoms with van der Waals surface area (Å²) in [6.07, 6.45) is 0. The van der Waals surface area contributed by atoms with Gasteiger partial charge in [0, 0.05) is 23.7 Å². The zero-order valence-corrected chi connectivity index (χ0v) is 15.0. The van der Waals surface area contributed by atoms with Crippen molar-refractivity contribution >= 4 is 35.0 Å². The van der Waals surface area contributed by atoms with E-state index in [1.54, 1.807) is 18.2 Å². The van der Waals surface area contributed by atoms with Crippen LogP contribution in [-0.2, 0) is 0 Å². The van der Waals surface area contributed by atoms with E-state index >= 15 is 0 Å². The summed E-state index contributed by atoms with van der Waals surface area (Å²) >= 11 is 11.8. The number of nitrogens with one attached hydrogen (secondary N) is 2. The first-order valence-electron chi connectivity index (χ1n) is 7.47. The number of carbonyl (C=O) groups is 2. The molecule has 2 aromatic carbocycles. The summed E-state index contributed by atoms with van der Waals surface area (Å²) in [5.74, 6) is -0.504. The molecule has 0 fully saturated rings. The van der Waals surface area contributed by atoms with Crippen LogP contribution in [0.3, 0.4) is 0 Å². The Morgan fingerprint density at radius 2 is 1.54 bits per heavy atom. The number of hydrogen-bond donors (Lipinski definition) is 2. The van der Waals surface area contributed by atoms with Gasteiger partial charge in [0.2, 0.25) is 0 Å². The van der Waals surface area contributed by atoms with Crippen LogP contribution in [0, 0.1) is 13.8 Å². The van der Waals surface area contributed by atoms with Crippen molar-refractivity contribution in [2.45, 2.75) is 13.8 Å². The Balaban J connectivity index is 1.84. The van der Waals surface area contributed by atoms with Crippen LogP contribution < -0.4 is 10.6 Å². The van der Waals surface area contributed by atoms with E-state index in [4.69, 9.17) is 23.2 Å². The molecule has 0 aliphatic carbocycles. The van der Waals surface area contributed by atoms with Crippen LogP contribution in [-0.4, -0.2) is 24.9 Å². The van der Waals surface area contributed by atoms with Gasteiger partial charge in [0.25, 0.3) is 11.8 Å². The molecule has 6 heteroatoms. The Morgan fingerprint density at radius 1 is 0.875 bits per heavy atom. The molecule has 0 aromatic heterocycles. The molecule has 2 aromatic rings. The second kappa shape index (κ2) is 8.18. The first-order valence-corrected chi connectivity index (χ1v) is 8.23. The fourth-order valence-corrected chi connectivity index (χ4v) is 2.48. The van der Waals surface area contributed by atoms with E-state index in [9.17, 15) is 9.59 Å². The second-order valence-electron chi connectivity index (χ2n) is 5.44. The highest BCUT2D eigenvalue weighted by molar-refractivity contribution is 6.35. The van der Waals surface area contributed by atoms with Crippen LogP contribution in [0.5, 0.6) is 0 Å². The standard InChI is InChI=1S/C18H18Cl2N2O2/c1-11-3-4-13(9-12(11)2)17(23)21-7-8-22-18(24)15-10-14(19)5-6-16(15)20/h3-6,9-10H,7-8H2,1-2H3,(H,21,23)(H,22,24). The molecule has 0 aliphatic heterocycles. The minimum absolute atomic E-state index is 0.173. The molecule has 4 nitrogen and oxygen atoms in total. The van der Waals surface area contributed by atoms with Crippen molar-refractivity contribution in [3.05, 3.63) is 68.7 Å². The number of rotatable bonds is 5. The number of carbonyl (C=O) groups excluding carboxylic acids is 2. The first-order chi connectivity index (χ1) is 11.4. The van der Waals surface area contributed by atoms with Gasteiger partial charge >= 0.3 is 0 Å². The fourth-order valence-electron chi connectivity index (χ4n) is 2.10. The molecule has 2 N–H and O–H groups in total. The van der Waals surface area contributed by atoms with E-state index in [1.807, 2.05) is 26.0 Å². The van der Waals surface area contributed by atoms with E-state index in [-0.39, 0.29) is 18.4 Å². The van der Waals surface area contributed by atoms with Crippen LogP contribution in [0.4, 0.5) is 0 Å². The van der Waals surface area contributed by atoms with Crippen molar-refractivity contribution in [1.82, 2.24) is 10.6 Å². The molecule has 0 heterocycles. The largest absolute Gasteiger partial charge is 0.350 e. The number of amides is 2. The number of aryl methyl sites for hydroxylation is 2. The van der Waals surface area contributed by atoms with Gasteiger partial charge in [0.1, 0.15) is 0 Å². The molecule has 0 saturated carbocycles. The van der Waals surface area contributed by atoms with E-state index in [0.717, 1.165) is 11.1 Å². The topological polar surface area (TPSA) is 58.2 Å². The quantitative estimate of drug-likeness (QED) is 0.793. The van der Waals surface area contributed by atoms with Crippen molar-refractivity contribution in [3.63, 3.8) is 0 Å². The maximum Gasteiger partial charge on any atom is 0.252 e. The van der Waals surface area contributed by atoms with E-state index < -0.39 is 0 Å². The number of hydrogen-bond acceptors (Lipinski definition) is 2. The van der Waals surface area contributed by atoms with E-state index in [2.05, 4.69) is 10.6 Å². The zero-order chi connectivity index (χ0) is 17.7. The van der Waals surface area contributed by atoms with Gasteiger partial charge in [-0.1, -0.05) is 29.3 Å². The van der Waals surface area contributed by atoms with E-state index in [1.165, 1.54) is 6.07 Å².